The lowest BCUT2D eigenvalue weighted by Gasteiger charge is -2.37. The van der Waals surface area contributed by atoms with Crippen LogP contribution in [-0.2, 0) is 4.74 Å². The average Bonchev–Trinajstić information content (AvgIpc) is 2.02. The Morgan fingerprint density at radius 1 is 1.64 bits per heavy atom. The van der Waals surface area contributed by atoms with Crippen LogP contribution >= 0.6 is 0 Å². The van der Waals surface area contributed by atoms with Crippen LogP contribution in [0.3, 0.4) is 0 Å². The predicted octanol–water partition coefficient (Wildman–Crippen LogP) is 1.95. The van der Waals surface area contributed by atoms with Gasteiger partial charge in [0.05, 0.1) is 5.60 Å². The molecule has 1 rings (SSSR count). The summed E-state index contributed by atoms with van der Waals surface area (Å²) < 4.78 is 5.66. The molecule has 1 fully saturated rings. The minimum atomic E-state index is 0.0196. The van der Waals surface area contributed by atoms with Gasteiger partial charge in [-0.25, -0.2) is 0 Å². The Morgan fingerprint density at radius 2 is 2.36 bits per heavy atom. The molecule has 2 heteroatoms. The second-order valence-electron chi connectivity index (χ2n) is 4.77. The van der Waals surface area contributed by atoms with Crippen molar-refractivity contribution in [2.45, 2.75) is 57.7 Å². The lowest BCUT2D eigenvalue weighted by atomic mass is 9.93. The molecule has 1 saturated heterocycles. The SMILES string of the molecule is C#CCC(C)NC1CCOC(C)(C)C1. The third kappa shape index (κ3) is 3.69. The van der Waals surface area contributed by atoms with Crippen LogP contribution in [0.2, 0.25) is 0 Å². The molecule has 0 aromatic rings. The zero-order chi connectivity index (χ0) is 10.6. The minimum Gasteiger partial charge on any atom is -0.375 e. The maximum absolute atomic E-state index is 5.66. The van der Waals surface area contributed by atoms with E-state index in [1.165, 1.54) is 0 Å². The van der Waals surface area contributed by atoms with Gasteiger partial charge in [-0.15, -0.1) is 12.3 Å². The van der Waals surface area contributed by atoms with Gasteiger partial charge in [-0.05, 0) is 33.6 Å². The summed E-state index contributed by atoms with van der Waals surface area (Å²) in [6.07, 6.45) is 8.24. The third-order valence-corrected chi connectivity index (χ3v) is 2.64. The smallest absolute Gasteiger partial charge is 0.0641 e. The van der Waals surface area contributed by atoms with E-state index < -0.39 is 0 Å². The topological polar surface area (TPSA) is 21.3 Å². The van der Waals surface area contributed by atoms with Crippen LogP contribution < -0.4 is 5.32 Å². The lowest BCUT2D eigenvalue weighted by Crippen LogP contribution is -2.46. The summed E-state index contributed by atoms with van der Waals surface area (Å²) in [5, 5.41) is 3.55. The standard InChI is InChI=1S/C12H21NO/c1-5-6-10(2)13-11-7-8-14-12(3,4)9-11/h1,10-11,13H,6-9H2,2-4H3. The highest BCUT2D eigenvalue weighted by molar-refractivity contribution is 4.91. The van der Waals surface area contributed by atoms with Gasteiger partial charge in [-0.2, -0.15) is 0 Å². The molecular weight excluding hydrogens is 174 g/mol. The summed E-state index contributed by atoms with van der Waals surface area (Å²) in [6, 6.07) is 0.973. The Kier molecular flexibility index (Phi) is 3.97. The molecule has 1 heterocycles. The second-order valence-corrected chi connectivity index (χ2v) is 4.77. The summed E-state index contributed by atoms with van der Waals surface area (Å²) >= 11 is 0. The van der Waals surface area contributed by atoms with Crippen molar-refractivity contribution < 1.29 is 4.74 Å². The molecule has 0 spiro atoms. The molecule has 1 aliphatic heterocycles. The summed E-state index contributed by atoms with van der Waals surface area (Å²) in [5.41, 5.74) is 0.0196. The van der Waals surface area contributed by atoms with E-state index in [9.17, 15) is 0 Å². The van der Waals surface area contributed by atoms with Gasteiger partial charge in [-0.3, -0.25) is 0 Å². The van der Waals surface area contributed by atoms with Crippen molar-refractivity contribution in [1.29, 1.82) is 0 Å². The Bertz CT molecular complexity index is 217. The highest BCUT2D eigenvalue weighted by Gasteiger charge is 2.28. The van der Waals surface area contributed by atoms with Crippen molar-refractivity contribution in [3.8, 4) is 12.3 Å². The predicted molar refractivity (Wildman–Crippen MR) is 59.1 cm³/mol. The molecule has 0 aliphatic carbocycles. The van der Waals surface area contributed by atoms with Crippen LogP contribution in [0.4, 0.5) is 0 Å². The molecule has 0 amide bonds. The summed E-state index contributed by atoms with van der Waals surface area (Å²) in [6.45, 7) is 7.29. The Labute approximate surface area is 87.4 Å². The first-order valence-corrected chi connectivity index (χ1v) is 5.37. The molecule has 2 atom stereocenters. The highest BCUT2D eigenvalue weighted by atomic mass is 16.5. The normalized spacial score (nSPS) is 28.0. The second kappa shape index (κ2) is 4.82. The molecule has 80 valence electrons. The van der Waals surface area contributed by atoms with Gasteiger partial charge in [0.25, 0.3) is 0 Å². The van der Waals surface area contributed by atoms with E-state index in [-0.39, 0.29) is 5.60 Å². The summed E-state index contributed by atoms with van der Waals surface area (Å²) in [5.74, 6) is 2.68. The van der Waals surface area contributed by atoms with E-state index in [0.29, 0.717) is 12.1 Å². The van der Waals surface area contributed by atoms with E-state index >= 15 is 0 Å². The van der Waals surface area contributed by atoms with E-state index in [4.69, 9.17) is 11.2 Å². The minimum absolute atomic E-state index is 0.0196. The maximum Gasteiger partial charge on any atom is 0.0641 e. The maximum atomic E-state index is 5.66. The van der Waals surface area contributed by atoms with Crippen LogP contribution in [0.1, 0.15) is 40.0 Å². The van der Waals surface area contributed by atoms with Crippen molar-refractivity contribution in [3.05, 3.63) is 0 Å². The van der Waals surface area contributed by atoms with Gasteiger partial charge in [0.1, 0.15) is 0 Å². The van der Waals surface area contributed by atoms with Crippen LogP contribution in [0.5, 0.6) is 0 Å². The van der Waals surface area contributed by atoms with Crippen LogP contribution in [0.25, 0.3) is 0 Å². The van der Waals surface area contributed by atoms with Crippen LogP contribution in [0.15, 0.2) is 0 Å². The number of terminal acetylenes is 1. The molecule has 0 radical (unpaired) electrons. The fourth-order valence-electron chi connectivity index (χ4n) is 2.01. The first kappa shape index (κ1) is 11.6. The molecule has 14 heavy (non-hydrogen) atoms. The summed E-state index contributed by atoms with van der Waals surface area (Å²) in [4.78, 5) is 0. The van der Waals surface area contributed by atoms with Crippen LogP contribution in [-0.4, -0.2) is 24.3 Å². The number of rotatable bonds is 3. The van der Waals surface area contributed by atoms with Crippen molar-refractivity contribution in [3.63, 3.8) is 0 Å². The lowest BCUT2D eigenvalue weighted by molar-refractivity contribution is -0.0638. The van der Waals surface area contributed by atoms with E-state index in [1.54, 1.807) is 0 Å². The molecular formula is C12H21NO. The average molecular weight is 195 g/mol. The van der Waals surface area contributed by atoms with Crippen molar-refractivity contribution >= 4 is 0 Å². The first-order valence-electron chi connectivity index (χ1n) is 5.37. The third-order valence-electron chi connectivity index (χ3n) is 2.64. The van der Waals surface area contributed by atoms with Gasteiger partial charge >= 0.3 is 0 Å². The fourth-order valence-corrected chi connectivity index (χ4v) is 2.01. The molecule has 0 aromatic heterocycles. The van der Waals surface area contributed by atoms with Crippen molar-refractivity contribution in [2.75, 3.05) is 6.61 Å². The molecule has 2 nitrogen and oxygen atoms in total. The van der Waals surface area contributed by atoms with E-state index in [0.717, 1.165) is 25.9 Å². The molecule has 1 N–H and O–H groups in total. The zero-order valence-electron chi connectivity index (χ0n) is 9.47. The molecule has 1 aliphatic rings. The fraction of sp³-hybridized carbons (Fsp3) is 0.833. The Morgan fingerprint density at radius 3 is 2.93 bits per heavy atom. The van der Waals surface area contributed by atoms with Gasteiger partial charge in [0.15, 0.2) is 0 Å². The van der Waals surface area contributed by atoms with Crippen molar-refractivity contribution in [2.24, 2.45) is 0 Å². The van der Waals surface area contributed by atoms with E-state index in [1.807, 2.05) is 0 Å². The quantitative estimate of drug-likeness (QED) is 0.695. The van der Waals surface area contributed by atoms with Gasteiger partial charge < -0.3 is 10.1 Å². The molecule has 0 aromatic carbocycles. The van der Waals surface area contributed by atoms with Gasteiger partial charge in [-0.1, -0.05) is 0 Å². The van der Waals surface area contributed by atoms with Gasteiger partial charge in [0.2, 0.25) is 0 Å². The van der Waals surface area contributed by atoms with E-state index in [2.05, 4.69) is 32.0 Å². The zero-order valence-corrected chi connectivity index (χ0v) is 9.47. The molecule has 0 saturated carbocycles. The number of nitrogens with one attached hydrogen (secondary N) is 1. The largest absolute Gasteiger partial charge is 0.375 e. The molecule has 0 bridgehead atoms. The highest BCUT2D eigenvalue weighted by Crippen LogP contribution is 2.24. The number of ether oxygens (including phenoxy) is 1. The number of hydrogen-bond acceptors (Lipinski definition) is 2. The first-order chi connectivity index (χ1) is 6.53. The Hall–Kier alpha value is -0.520. The summed E-state index contributed by atoms with van der Waals surface area (Å²) in [7, 11) is 0. The monoisotopic (exact) mass is 195 g/mol. The Balaban J connectivity index is 2.35. The molecule has 2 unspecified atom stereocenters. The van der Waals surface area contributed by atoms with Crippen LogP contribution in [0, 0.1) is 12.3 Å². The van der Waals surface area contributed by atoms with Gasteiger partial charge in [0, 0.05) is 25.1 Å². The number of hydrogen-bond donors (Lipinski definition) is 1. The van der Waals surface area contributed by atoms with Crippen molar-refractivity contribution in [1.82, 2.24) is 5.32 Å².